The molecule has 0 bridgehead atoms. The summed E-state index contributed by atoms with van der Waals surface area (Å²) < 4.78 is 12.9. The van der Waals surface area contributed by atoms with Crippen molar-refractivity contribution in [3.63, 3.8) is 0 Å². The highest BCUT2D eigenvalue weighted by atomic mass is 19.1. The molecule has 2 aliphatic rings. The second-order valence-corrected chi connectivity index (χ2v) is 4.89. The maximum atomic E-state index is 12.9. The lowest BCUT2D eigenvalue weighted by Gasteiger charge is -2.07. The Morgan fingerprint density at radius 1 is 1.41 bits per heavy atom. The zero-order chi connectivity index (χ0) is 11.8. The van der Waals surface area contributed by atoms with Gasteiger partial charge in [0.25, 0.3) is 0 Å². The minimum Gasteiger partial charge on any atom is -0.352 e. The molecule has 1 heterocycles. The highest BCUT2D eigenvalue weighted by Gasteiger charge is 2.53. The largest absolute Gasteiger partial charge is 0.352 e. The van der Waals surface area contributed by atoms with Gasteiger partial charge in [0.2, 0.25) is 5.91 Å². The number of rotatable bonds is 3. The summed E-state index contributed by atoms with van der Waals surface area (Å²) in [6.07, 6.45) is 0.265. The normalized spacial score (nSPS) is 29.8. The van der Waals surface area contributed by atoms with Gasteiger partial charge in [0, 0.05) is 19.1 Å². The Kier molecular flexibility index (Phi) is 2.59. The fraction of sp³-hybridized carbons (Fsp3) is 0.462. The molecule has 1 saturated carbocycles. The Balaban J connectivity index is 1.54. The Hall–Kier alpha value is -1.42. The van der Waals surface area contributed by atoms with Gasteiger partial charge >= 0.3 is 0 Å². The van der Waals surface area contributed by atoms with Crippen LogP contribution >= 0.6 is 0 Å². The number of hydrogen-bond donors (Lipinski definition) is 2. The van der Waals surface area contributed by atoms with E-state index in [9.17, 15) is 9.18 Å². The van der Waals surface area contributed by atoms with Crippen LogP contribution in [0, 0.1) is 17.7 Å². The first kappa shape index (κ1) is 10.7. The average molecular weight is 234 g/mol. The molecule has 1 aliphatic heterocycles. The first-order valence-corrected chi connectivity index (χ1v) is 5.98. The van der Waals surface area contributed by atoms with Gasteiger partial charge in [-0.2, -0.15) is 0 Å². The Morgan fingerprint density at radius 3 is 2.88 bits per heavy atom. The van der Waals surface area contributed by atoms with E-state index < -0.39 is 0 Å². The zero-order valence-corrected chi connectivity index (χ0v) is 9.45. The van der Waals surface area contributed by atoms with Gasteiger partial charge in [-0.25, -0.2) is 4.39 Å². The van der Waals surface area contributed by atoms with Crippen molar-refractivity contribution >= 4 is 5.91 Å². The van der Waals surface area contributed by atoms with Crippen molar-refractivity contribution in [1.29, 1.82) is 0 Å². The van der Waals surface area contributed by atoms with Crippen molar-refractivity contribution < 1.29 is 9.18 Å². The molecular formula is C13H15FN2O. The SMILES string of the molecule is O=C(Cc1cccc(F)c1)NC1C2CNCC21. The summed E-state index contributed by atoms with van der Waals surface area (Å²) in [4.78, 5) is 11.8. The standard InChI is InChI=1S/C13H15FN2O/c14-9-3-1-2-8(4-9)5-12(17)16-13-10-6-15-7-11(10)13/h1-4,10-11,13,15H,5-7H2,(H,16,17). The predicted molar refractivity (Wildman–Crippen MR) is 61.9 cm³/mol. The van der Waals surface area contributed by atoms with Crippen molar-refractivity contribution in [2.45, 2.75) is 12.5 Å². The van der Waals surface area contributed by atoms with Gasteiger partial charge in [0.05, 0.1) is 6.42 Å². The van der Waals surface area contributed by atoms with Crippen LogP contribution in [0.1, 0.15) is 5.56 Å². The van der Waals surface area contributed by atoms with Crippen molar-refractivity contribution in [3.8, 4) is 0 Å². The van der Waals surface area contributed by atoms with Crippen LogP contribution in [0.4, 0.5) is 4.39 Å². The summed E-state index contributed by atoms with van der Waals surface area (Å²) in [5.74, 6) is 0.940. The van der Waals surface area contributed by atoms with E-state index >= 15 is 0 Å². The molecule has 2 N–H and O–H groups in total. The van der Waals surface area contributed by atoms with Gasteiger partial charge in [-0.15, -0.1) is 0 Å². The summed E-state index contributed by atoms with van der Waals surface area (Å²) in [5, 5.41) is 6.30. The van der Waals surface area contributed by atoms with Crippen LogP contribution in [0.5, 0.6) is 0 Å². The minimum absolute atomic E-state index is 0.00463. The van der Waals surface area contributed by atoms with Crippen molar-refractivity contribution in [2.24, 2.45) is 11.8 Å². The van der Waals surface area contributed by atoms with E-state index in [1.165, 1.54) is 12.1 Å². The van der Waals surface area contributed by atoms with Crippen molar-refractivity contribution in [3.05, 3.63) is 35.6 Å². The lowest BCUT2D eigenvalue weighted by Crippen LogP contribution is -2.33. The maximum absolute atomic E-state index is 12.9. The van der Waals surface area contributed by atoms with E-state index in [1.807, 2.05) is 0 Å². The molecule has 1 aromatic carbocycles. The van der Waals surface area contributed by atoms with Crippen LogP contribution in [0.25, 0.3) is 0 Å². The van der Waals surface area contributed by atoms with Crippen LogP contribution in [0.2, 0.25) is 0 Å². The highest BCUT2D eigenvalue weighted by molar-refractivity contribution is 5.79. The number of amides is 1. The molecular weight excluding hydrogens is 219 g/mol. The molecule has 1 saturated heterocycles. The summed E-state index contributed by atoms with van der Waals surface area (Å²) >= 11 is 0. The van der Waals surface area contributed by atoms with Crippen molar-refractivity contribution in [2.75, 3.05) is 13.1 Å². The molecule has 1 amide bonds. The molecule has 3 rings (SSSR count). The van der Waals surface area contributed by atoms with E-state index in [2.05, 4.69) is 10.6 Å². The first-order valence-electron chi connectivity index (χ1n) is 5.98. The number of carbonyl (C=O) groups is 1. The third-order valence-electron chi connectivity index (χ3n) is 3.67. The van der Waals surface area contributed by atoms with Gasteiger partial charge in [0.15, 0.2) is 0 Å². The van der Waals surface area contributed by atoms with Gasteiger partial charge in [0.1, 0.15) is 5.82 Å². The van der Waals surface area contributed by atoms with Crippen LogP contribution in [-0.4, -0.2) is 25.0 Å². The lowest BCUT2D eigenvalue weighted by molar-refractivity contribution is -0.120. The number of halogens is 1. The summed E-state index contributed by atoms with van der Waals surface area (Å²) in [5.41, 5.74) is 0.728. The Morgan fingerprint density at radius 2 is 2.18 bits per heavy atom. The van der Waals surface area contributed by atoms with E-state index in [4.69, 9.17) is 0 Å². The van der Waals surface area contributed by atoms with E-state index in [0.717, 1.165) is 18.7 Å². The molecule has 0 spiro atoms. The van der Waals surface area contributed by atoms with Crippen LogP contribution in [0.15, 0.2) is 24.3 Å². The first-order chi connectivity index (χ1) is 8.24. The highest BCUT2D eigenvalue weighted by Crippen LogP contribution is 2.41. The number of piperidine rings is 1. The molecule has 0 aromatic heterocycles. The molecule has 90 valence electrons. The minimum atomic E-state index is -0.289. The number of nitrogens with one attached hydrogen (secondary N) is 2. The molecule has 2 fully saturated rings. The van der Waals surface area contributed by atoms with Crippen LogP contribution < -0.4 is 10.6 Å². The third kappa shape index (κ3) is 2.17. The molecule has 4 heteroatoms. The Labute approximate surface area is 99.4 Å². The molecule has 1 aliphatic carbocycles. The Bertz CT molecular complexity index is 439. The van der Waals surface area contributed by atoms with Gasteiger partial charge in [-0.05, 0) is 29.5 Å². The molecule has 3 nitrogen and oxygen atoms in total. The number of hydrogen-bond acceptors (Lipinski definition) is 2. The van der Waals surface area contributed by atoms with E-state index in [0.29, 0.717) is 17.9 Å². The average Bonchev–Trinajstić information content (AvgIpc) is 2.74. The second-order valence-electron chi connectivity index (χ2n) is 4.89. The van der Waals surface area contributed by atoms with Gasteiger partial charge < -0.3 is 10.6 Å². The van der Waals surface area contributed by atoms with E-state index in [1.54, 1.807) is 12.1 Å². The molecule has 0 radical (unpaired) electrons. The quantitative estimate of drug-likeness (QED) is 0.808. The maximum Gasteiger partial charge on any atom is 0.224 e. The molecule has 2 atom stereocenters. The third-order valence-corrected chi connectivity index (χ3v) is 3.67. The monoisotopic (exact) mass is 234 g/mol. The number of benzene rings is 1. The fourth-order valence-electron chi connectivity index (χ4n) is 2.70. The second kappa shape index (κ2) is 4.11. The topological polar surface area (TPSA) is 41.1 Å². The smallest absolute Gasteiger partial charge is 0.224 e. The number of carbonyl (C=O) groups excluding carboxylic acids is 1. The fourth-order valence-corrected chi connectivity index (χ4v) is 2.70. The zero-order valence-electron chi connectivity index (χ0n) is 9.45. The summed E-state index contributed by atoms with van der Waals surface area (Å²) in [6, 6.07) is 6.55. The van der Waals surface area contributed by atoms with E-state index in [-0.39, 0.29) is 18.1 Å². The molecule has 2 unspecified atom stereocenters. The number of fused-ring (bicyclic) bond motifs is 1. The van der Waals surface area contributed by atoms with Gasteiger partial charge in [-0.1, -0.05) is 12.1 Å². The summed E-state index contributed by atoms with van der Waals surface area (Å²) in [7, 11) is 0. The van der Waals surface area contributed by atoms with Crippen molar-refractivity contribution in [1.82, 2.24) is 10.6 Å². The predicted octanol–water partition coefficient (Wildman–Crippen LogP) is 0.702. The molecule has 1 aromatic rings. The molecule has 17 heavy (non-hydrogen) atoms. The van der Waals surface area contributed by atoms with Crippen LogP contribution in [0.3, 0.4) is 0 Å². The van der Waals surface area contributed by atoms with Gasteiger partial charge in [-0.3, -0.25) is 4.79 Å². The summed E-state index contributed by atoms with van der Waals surface area (Å²) in [6.45, 7) is 2.02. The lowest BCUT2D eigenvalue weighted by atomic mass is 10.1. The van der Waals surface area contributed by atoms with Crippen LogP contribution in [-0.2, 0) is 11.2 Å².